The molecule has 0 spiro atoms. The lowest BCUT2D eigenvalue weighted by molar-refractivity contribution is -0.115. The van der Waals surface area contributed by atoms with Crippen LogP contribution in [0.4, 0.5) is 11.4 Å². The minimum absolute atomic E-state index is 0.0803. The Hall–Kier alpha value is -4.82. The molecule has 41 heavy (non-hydrogen) atoms. The molecule has 3 amide bonds. The second kappa shape index (κ2) is 14.5. The van der Waals surface area contributed by atoms with Crippen LogP contribution in [-0.4, -0.2) is 29.6 Å². The van der Waals surface area contributed by atoms with E-state index in [1.54, 1.807) is 60.7 Å². The molecule has 0 fully saturated rings. The Bertz CT molecular complexity index is 1510. The lowest BCUT2D eigenvalue weighted by Gasteiger charge is -2.14. The highest BCUT2D eigenvalue weighted by atomic mass is 32.2. The van der Waals surface area contributed by atoms with E-state index in [0.29, 0.717) is 23.6 Å². The molecule has 0 bridgehead atoms. The normalized spacial score (nSPS) is 11.7. The molecule has 8 heteroatoms. The van der Waals surface area contributed by atoms with Crippen LogP contribution in [0.5, 0.6) is 5.75 Å². The fourth-order valence-electron chi connectivity index (χ4n) is 3.80. The molecule has 4 aromatic carbocycles. The fourth-order valence-corrected chi connectivity index (χ4v) is 4.73. The summed E-state index contributed by atoms with van der Waals surface area (Å²) in [4.78, 5) is 39.8. The third kappa shape index (κ3) is 8.84. The van der Waals surface area contributed by atoms with Crippen molar-refractivity contribution < 1.29 is 19.1 Å². The smallest absolute Gasteiger partial charge is 0.272 e. The number of hydrogen-bond donors (Lipinski definition) is 3. The van der Waals surface area contributed by atoms with Gasteiger partial charge in [0.2, 0.25) is 5.91 Å². The van der Waals surface area contributed by atoms with Crippen LogP contribution in [0.3, 0.4) is 0 Å². The minimum Gasteiger partial charge on any atom is -0.494 e. The van der Waals surface area contributed by atoms with Gasteiger partial charge >= 0.3 is 0 Å². The van der Waals surface area contributed by atoms with Gasteiger partial charge in [0.25, 0.3) is 11.8 Å². The van der Waals surface area contributed by atoms with E-state index in [1.807, 2.05) is 68.4 Å². The minimum atomic E-state index is -0.486. The first-order valence-electron chi connectivity index (χ1n) is 13.2. The van der Waals surface area contributed by atoms with Gasteiger partial charge in [-0.25, -0.2) is 0 Å². The molecule has 4 aromatic rings. The number of carbonyl (C=O) groups excluding carboxylic acids is 3. The lowest BCUT2D eigenvalue weighted by atomic mass is 10.1. The largest absolute Gasteiger partial charge is 0.494 e. The highest BCUT2D eigenvalue weighted by Crippen LogP contribution is 2.27. The van der Waals surface area contributed by atoms with Crippen molar-refractivity contribution in [1.82, 2.24) is 5.32 Å². The van der Waals surface area contributed by atoms with Crippen LogP contribution >= 0.6 is 11.8 Å². The highest BCUT2D eigenvalue weighted by Gasteiger charge is 2.17. The van der Waals surface area contributed by atoms with Crippen molar-refractivity contribution in [3.8, 4) is 5.75 Å². The third-order valence-corrected chi connectivity index (χ3v) is 6.94. The number of amides is 3. The van der Waals surface area contributed by atoms with Gasteiger partial charge in [-0.3, -0.25) is 14.4 Å². The van der Waals surface area contributed by atoms with E-state index in [9.17, 15) is 14.4 Å². The van der Waals surface area contributed by atoms with Crippen LogP contribution in [-0.2, 0) is 9.59 Å². The molecule has 0 saturated heterocycles. The monoisotopic (exact) mass is 565 g/mol. The van der Waals surface area contributed by atoms with Crippen molar-refractivity contribution in [3.63, 3.8) is 0 Å². The van der Waals surface area contributed by atoms with E-state index in [-0.39, 0.29) is 16.9 Å². The number of ether oxygens (including phenoxy) is 1. The molecule has 0 saturated carbocycles. The van der Waals surface area contributed by atoms with Gasteiger partial charge in [-0.1, -0.05) is 54.6 Å². The lowest BCUT2D eigenvalue weighted by Crippen LogP contribution is -2.30. The second-order valence-corrected chi connectivity index (χ2v) is 10.4. The van der Waals surface area contributed by atoms with Crippen LogP contribution in [0.2, 0.25) is 0 Å². The summed E-state index contributed by atoms with van der Waals surface area (Å²) < 4.78 is 5.50. The van der Waals surface area contributed by atoms with Gasteiger partial charge in [-0.05, 0) is 80.1 Å². The maximum Gasteiger partial charge on any atom is 0.272 e. The Morgan fingerprint density at radius 3 is 2.15 bits per heavy atom. The number of benzene rings is 4. The van der Waals surface area contributed by atoms with Crippen molar-refractivity contribution in [3.05, 3.63) is 126 Å². The molecule has 0 radical (unpaired) electrons. The molecule has 0 heterocycles. The molecule has 0 aliphatic carbocycles. The van der Waals surface area contributed by atoms with Gasteiger partial charge in [0.1, 0.15) is 11.4 Å². The maximum absolute atomic E-state index is 13.4. The predicted octanol–water partition coefficient (Wildman–Crippen LogP) is 6.61. The van der Waals surface area contributed by atoms with Crippen LogP contribution < -0.4 is 20.7 Å². The van der Waals surface area contributed by atoms with Crippen LogP contribution in [0.1, 0.15) is 29.8 Å². The zero-order chi connectivity index (χ0) is 29.0. The Labute approximate surface area is 244 Å². The fraction of sp³-hybridized carbons (Fsp3) is 0.121. The molecule has 0 aromatic heterocycles. The summed E-state index contributed by atoms with van der Waals surface area (Å²) in [7, 11) is 0. The van der Waals surface area contributed by atoms with Gasteiger partial charge in [0.15, 0.2) is 0 Å². The topological polar surface area (TPSA) is 96.5 Å². The van der Waals surface area contributed by atoms with E-state index in [1.165, 1.54) is 11.8 Å². The quantitative estimate of drug-likeness (QED) is 0.140. The molecule has 0 aliphatic heterocycles. The number of hydrogen-bond acceptors (Lipinski definition) is 5. The Kier molecular flexibility index (Phi) is 10.3. The van der Waals surface area contributed by atoms with Crippen molar-refractivity contribution in [2.45, 2.75) is 24.0 Å². The molecule has 208 valence electrons. The average molecular weight is 566 g/mol. The van der Waals surface area contributed by atoms with Crippen LogP contribution in [0, 0.1) is 0 Å². The Morgan fingerprint density at radius 2 is 1.46 bits per heavy atom. The summed E-state index contributed by atoms with van der Waals surface area (Å²) in [6.45, 7) is 4.28. The van der Waals surface area contributed by atoms with E-state index >= 15 is 0 Å². The van der Waals surface area contributed by atoms with Crippen molar-refractivity contribution in [2.24, 2.45) is 0 Å². The SMILES string of the molecule is CCOc1ccc(/C=C(/NC(=O)c2ccccc2)C(=O)Nc2cccc(SC(C)C(=O)Nc3ccccc3)c2)cc1. The Morgan fingerprint density at radius 1 is 0.805 bits per heavy atom. The number of nitrogens with one attached hydrogen (secondary N) is 3. The van der Waals surface area contributed by atoms with Crippen molar-refractivity contribution in [1.29, 1.82) is 0 Å². The summed E-state index contributed by atoms with van der Waals surface area (Å²) >= 11 is 1.38. The van der Waals surface area contributed by atoms with Crippen LogP contribution in [0.15, 0.2) is 120 Å². The van der Waals surface area contributed by atoms with E-state index in [0.717, 1.165) is 16.1 Å². The summed E-state index contributed by atoms with van der Waals surface area (Å²) in [6.07, 6.45) is 1.61. The van der Waals surface area contributed by atoms with E-state index in [4.69, 9.17) is 4.74 Å². The molecule has 1 unspecified atom stereocenters. The second-order valence-electron chi connectivity index (χ2n) is 8.98. The first-order valence-corrected chi connectivity index (χ1v) is 14.0. The first-order chi connectivity index (χ1) is 19.9. The molecular formula is C33H31N3O4S. The highest BCUT2D eigenvalue weighted by molar-refractivity contribution is 8.00. The number of carbonyl (C=O) groups is 3. The molecule has 0 aliphatic rings. The van der Waals surface area contributed by atoms with Gasteiger partial charge in [0, 0.05) is 21.8 Å². The molecule has 7 nitrogen and oxygen atoms in total. The average Bonchev–Trinajstić information content (AvgIpc) is 2.99. The summed E-state index contributed by atoms with van der Waals surface area (Å²) in [5, 5.41) is 8.15. The first kappa shape index (κ1) is 29.2. The van der Waals surface area contributed by atoms with Crippen molar-refractivity contribution in [2.75, 3.05) is 17.2 Å². The van der Waals surface area contributed by atoms with E-state index in [2.05, 4.69) is 16.0 Å². The summed E-state index contributed by atoms with van der Waals surface area (Å²) in [6, 6.07) is 32.4. The number of anilines is 2. The summed E-state index contributed by atoms with van der Waals surface area (Å²) in [5.74, 6) is -0.300. The van der Waals surface area contributed by atoms with Gasteiger partial charge in [-0.15, -0.1) is 11.8 Å². The van der Waals surface area contributed by atoms with Gasteiger partial charge in [0.05, 0.1) is 11.9 Å². The molecule has 4 rings (SSSR count). The molecular weight excluding hydrogens is 534 g/mol. The predicted molar refractivity (Wildman–Crippen MR) is 165 cm³/mol. The van der Waals surface area contributed by atoms with Crippen LogP contribution in [0.25, 0.3) is 6.08 Å². The van der Waals surface area contributed by atoms with E-state index < -0.39 is 11.8 Å². The third-order valence-electron chi connectivity index (χ3n) is 5.85. The Balaban J connectivity index is 1.49. The standard InChI is InChI=1S/C33H31N3O4S/c1-3-40-28-19-17-24(18-20-28)21-30(36-32(38)25-11-6-4-7-12-25)33(39)35-27-15-10-16-29(22-27)41-23(2)31(37)34-26-13-8-5-9-14-26/h4-23H,3H2,1-2H3,(H,34,37)(H,35,39)(H,36,38)/b30-21+. The summed E-state index contributed by atoms with van der Waals surface area (Å²) in [5.41, 5.74) is 2.49. The molecule has 3 N–H and O–H groups in total. The van der Waals surface area contributed by atoms with Gasteiger partial charge in [-0.2, -0.15) is 0 Å². The zero-order valence-electron chi connectivity index (χ0n) is 22.8. The number of para-hydroxylation sites is 1. The zero-order valence-corrected chi connectivity index (χ0v) is 23.6. The maximum atomic E-state index is 13.4. The van der Waals surface area contributed by atoms with Gasteiger partial charge < -0.3 is 20.7 Å². The van der Waals surface area contributed by atoms with Crippen molar-refractivity contribution >= 4 is 46.9 Å². The number of rotatable bonds is 11. The molecule has 1 atom stereocenters. The number of thioether (sulfide) groups is 1.